The molecule has 0 aromatic heterocycles. The van der Waals surface area contributed by atoms with Crippen molar-refractivity contribution in [2.24, 2.45) is 0 Å². The van der Waals surface area contributed by atoms with Crippen LogP contribution in [-0.2, 0) is 19.2 Å². The van der Waals surface area contributed by atoms with E-state index in [0.29, 0.717) is 38.3 Å². The first kappa shape index (κ1) is 31.4. The minimum Gasteiger partial charge on any atom is -0.481 e. The number of carbonyl (C=O) groups excluding carboxylic acids is 3. The number of thioether (sulfide) groups is 1. The Morgan fingerprint density at radius 3 is 2.26 bits per heavy atom. The zero-order valence-corrected chi connectivity index (χ0v) is 25.7. The van der Waals surface area contributed by atoms with Crippen LogP contribution in [0.2, 0.25) is 0 Å². The van der Waals surface area contributed by atoms with E-state index in [-0.39, 0.29) is 30.7 Å². The molecule has 2 aliphatic heterocycles. The van der Waals surface area contributed by atoms with Gasteiger partial charge in [-0.25, -0.2) is 0 Å². The number of carboxylic acid groups (broad SMARTS) is 1. The van der Waals surface area contributed by atoms with Gasteiger partial charge in [0.15, 0.2) is 0 Å². The molecule has 0 atom stereocenters. The lowest BCUT2D eigenvalue weighted by Crippen LogP contribution is -2.35. The number of carbonyl (C=O) groups is 4. The molecule has 2 aliphatic rings. The zero-order chi connectivity index (χ0) is 30.2. The third-order valence-corrected chi connectivity index (χ3v) is 8.94. The number of aryl methyl sites for hydroxylation is 2. The summed E-state index contributed by atoms with van der Waals surface area (Å²) in [6.07, 6.45) is 7.90. The van der Waals surface area contributed by atoms with Gasteiger partial charge in [0.05, 0.1) is 16.2 Å². The van der Waals surface area contributed by atoms with Gasteiger partial charge >= 0.3 is 5.97 Å². The summed E-state index contributed by atoms with van der Waals surface area (Å²) in [6.45, 7) is 4.19. The van der Waals surface area contributed by atoms with E-state index < -0.39 is 5.97 Å². The zero-order valence-electron chi connectivity index (χ0n) is 24.1. The van der Waals surface area contributed by atoms with Gasteiger partial charge in [-0.3, -0.25) is 29.0 Å². The van der Waals surface area contributed by atoms with Crippen LogP contribution in [0.3, 0.4) is 0 Å². The number of nitrogens with zero attached hydrogens (tertiary/aromatic N) is 2. The van der Waals surface area contributed by atoms with Crippen LogP contribution in [0.15, 0.2) is 47.4 Å². The first-order valence-corrected chi connectivity index (χ1v) is 15.7. The molecule has 2 heterocycles. The average molecular weight is 608 g/mol. The van der Waals surface area contributed by atoms with Gasteiger partial charge in [-0.2, -0.15) is 0 Å². The molecule has 2 aromatic carbocycles. The summed E-state index contributed by atoms with van der Waals surface area (Å²) in [5.41, 5.74) is 4.18. The number of amides is 3. The molecule has 2 aromatic rings. The number of nitrogens with one attached hydrogen (secondary N) is 1. The second-order valence-corrected chi connectivity index (χ2v) is 12.4. The van der Waals surface area contributed by atoms with Crippen LogP contribution in [-0.4, -0.2) is 51.1 Å². The summed E-state index contributed by atoms with van der Waals surface area (Å²) >= 11 is 6.70. The van der Waals surface area contributed by atoms with Crippen LogP contribution in [0.4, 0.5) is 11.4 Å². The number of carboxylic acids is 1. The van der Waals surface area contributed by atoms with Crippen molar-refractivity contribution < 1.29 is 24.3 Å². The number of unbranched alkanes of at least 4 members (excludes halogenated alkanes) is 7. The molecule has 10 heteroatoms. The molecule has 42 heavy (non-hydrogen) atoms. The highest BCUT2D eigenvalue weighted by Crippen LogP contribution is 2.44. The van der Waals surface area contributed by atoms with Crippen LogP contribution in [0, 0.1) is 13.8 Å². The number of benzene rings is 2. The summed E-state index contributed by atoms with van der Waals surface area (Å²) in [5.74, 6) is -1.70. The molecule has 0 spiro atoms. The lowest BCUT2D eigenvalue weighted by atomic mass is 10.1. The van der Waals surface area contributed by atoms with Crippen molar-refractivity contribution in [2.75, 3.05) is 23.3 Å². The maximum Gasteiger partial charge on any atom is 0.303 e. The number of rotatable bonds is 14. The fourth-order valence-electron chi connectivity index (χ4n) is 5.21. The van der Waals surface area contributed by atoms with E-state index in [2.05, 4.69) is 5.32 Å². The lowest BCUT2D eigenvalue weighted by molar-refractivity contribution is -0.137. The number of aliphatic carboxylic acids is 1. The van der Waals surface area contributed by atoms with Gasteiger partial charge in [0.2, 0.25) is 5.91 Å². The molecule has 1 saturated heterocycles. The Hall–Kier alpha value is -3.50. The van der Waals surface area contributed by atoms with Crippen molar-refractivity contribution in [3.8, 4) is 0 Å². The Labute approximate surface area is 256 Å². The Morgan fingerprint density at radius 1 is 0.881 bits per heavy atom. The quantitative estimate of drug-likeness (QED) is 0.144. The Balaban J connectivity index is 1.36. The molecular formula is C32H37N3O5S2. The molecular weight excluding hydrogens is 571 g/mol. The van der Waals surface area contributed by atoms with Crippen molar-refractivity contribution in [2.45, 2.75) is 71.6 Å². The van der Waals surface area contributed by atoms with E-state index in [0.717, 1.165) is 74.3 Å². The molecule has 3 amide bonds. The Kier molecular flexibility index (Phi) is 10.9. The van der Waals surface area contributed by atoms with E-state index >= 15 is 0 Å². The molecule has 0 saturated carbocycles. The van der Waals surface area contributed by atoms with E-state index in [4.69, 9.17) is 17.3 Å². The minimum absolute atomic E-state index is 0.174. The number of fused-ring (bicyclic) bond motifs is 1. The Morgan fingerprint density at radius 2 is 1.55 bits per heavy atom. The van der Waals surface area contributed by atoms with Gasteiger partial charge in [-0.15, -0.1) is 0 Å². The van der Waals surface area contributed by atoms with Gasteiger partial charge in [0.1, 0.15) is 10.9 Å². The van der Waals surface area contributed by atoms with Crippen LogP contribution >= 0.6 is 24.0 Å². The molecule has 1 fully saturated rings. The molecule has 222 valence electrons. The van der Waals surface area contributed by atoms with E-state index in [9.17, 15) is 19.2 Å². The summed E-state index contributed by atoms with van der Waals surface area (Å²) in [4.78, 5) is 54.1. The maximum absolute atomic E-state index is 13.7. The van der Waals surface area contributed by atoms with Crippen LogP contribution in [0.1, 0.15) is 74.5 Å². The number of hydrogen-bond donors (Lipinski definition) is 2. The first-order valence-electron chi connectivity index (χ1n) is 14.5. The van der Waals surface area contributed by atoms with Crippen LogP contribution in [0.5, 0.6) is 0 Å². The third kappa shape index (κ3) is 7.66. The number of para-hydroxylation sites is 1. The van der Waals surface area contributed by atoms with E-state index in [1.807, 2.05) is 44.2 Å². The standard InChI is InChI=1S/C32H37N3O5S2/c1-21-16-17-22(2)24(19-21)33-26(36)20-35-25-14-11-10-13-23(25)28(30(35)39)29-31(40)34(32(41)42-29)18-12-8-6-4-3-5-7-9-15-27(37)38/h10-11,13-14,16-17,19H,3-9,12,15,18,20H2,1-2H3,(H,33,36)(H,37,38)/b29-28-. The van der Waals surface area contributed by atoms with Crippen LogP contribution < -0.4 is 10.2 Å². The molecule has 0 unspecified atom stereocenters. The van der Waals surface area contributed by atoms with Crippen molar-refractivity contribution in [3.05, 3.63) is 64.1 Å². The van der Waals surface area contributed by atoms with E-state index in [1.165, 1.54) is 4.90 Å². The summed E-state index contributed by atoms with van der Waals surface area (Å²) in [7, 11) is 0. The largest absolute Gasteiger partial charge is 0.481 e. The molecule has 0 radical (unpaired) electrons. The summed E-state index contributed by atoms with van der Waals surface area (Å²) in [6, 6.07) is 13.0. The third-order valence-electron chi connectivity index (χ3n) is 7.49. The fourth-order valence-corrected chi connectivity index (χ4v) is 6.59. The molecule has 8 nitrogen and oxygen atoms in total. The minimum atomic E-state index is -0.739. The maximum atomic E-state index is 13.7. The highest BCUT2D eigenvalue weighted by atomic mass is 32.2. The monoisotopic (exact) mass is 607 g/mol. The predicted molar refractivity (Wildman–Crippen MR) is 171 cm³/mol. The fraction of sp³-hybridized carbons (Fsp3) is 0.406. The molecule has 0 aliphatic carbocycles. The first-order chi connectivity index (χ1) is 20.2. The Bertz CT molecular complexity index is 1420. The molecule has 4 rings (SSSR count). The SMILES string of the molecule is Cc1ccc(C)c(NC(=O)CN2C(=O)/C(=C3\SC(=S)N(CCCCCCCCCCC(=O)O)C3=O)c3ccccc32)c1. The lowest BCUT2D eigenvalue weighted by Gasteiger charge is -2.17. The highest BCUT2D eigenvalue weighted by Gasteiger charge is 2.42. The van der Waals surface area contributed by atoms with Crippen molar-refractivity contribution in [1.29, 1.82) is 0 Å². The van der Waals surface area contributed by atoms with Gasteiger partial charge in [0, 0.05) is 24.2 Å². The summed E-state index contributed by atoms with van der Waals surface area (Å²) in [5, 5.41) is 11.6. The topological polar surface area (TPSA) is 107 Å². The number of anilines is 2. The average Bonchev–Trinajstić information content (AvgIpc) is 3.38. The van der Waals surface area contributed by atoms with Crippen LogP contribution in [0.25, 0.3) is 5.57 Å². The predicted octanol–water partition coefficient (Wildman–Crippen LogP) is 6.46. The summed E-state index contributed by atoms with van der Waals surface area (Å²) < 4.78 is 0.442. The van der Waals surface area contributed by atoms with Gasteiger partial charge in [0.25, 0.3) is 11.8 Å². The normalized spacial score (nSPS) is 16.4. The number of thiocarbonyl (C=S) groups is 1. The van der Waals surface area contributed by atoms with Gasteiger partial charge in [-0.1, -0.05) is 92.8 Å². The van der Waals surface area contributed by atoms with Crippen molar-refractivity contribution in [1.82, 2.24) is 4.90 Å². The van der Waals surface area contributed by atoms with Crippen molar-refractivity contribution >= 4 is 68.9 Å². The van der Waals surface area contributed by atoms with E-state index in [1.54, 1.807) is 17.0 Å². The smallest absolute Gasteiger partial charge is 0.303 e. The van der Waals surface area contributed by atoms with Gasteiger partial charge < -0.3 is 10.4 Å². The molecule has 0 bridgehead atoms. The molecule has 2 N–H and O–H groups in total. The van der Waals surface area contributed by atoms with Crippen molar-refractivity contribution in [3.63, 3.8) is 0 Å². The van der Waals surface area contributed by atoms with Gasteiger partial charge in [-0.05, 0) is 49.9 Å². The number of hydrogen-bond acceptors (Lipinski definition) is 6. The highest BCUT2D eigenvalue weighted by molar-refractivity contribution is 8.26. The second-order valence-electron chi connectivity index (χ2n) is 10.8. The second kappa shape index (κ2) is 14.6.